The van der Waals surface area contributed by atoms with Crippen LogP contribution in [0, 0.1) is 6.92 Å². The molecule has 2 rings (SSSR count). The summed E-state index contributed by atoms with van der Waals surface area (Å²) in [5.41, 5.74) is 9.94. The van der Waals surface area contributed by atoms with Gasteiger partial charge in [0.25, 0.3) is 0 Å². The van der Waals surface area contributed by atoms with Gasteiger partial charge in [0.2, 0.25) is 0 Å². The monoisotopic (exact) mass is 259 g/mol. The Hall–Kier alpha value is -2.14. The van der Waals surface area contributed by atoms with Crippen molar-refractivity contribution in [2.45, 2.75) is 6.92 Å². The maximum absolute atomic E-state index is 5.63. The van der Waals surface area contributed by atoms with E-state index in [9.17, 15) is 0 Å². The number of hydrogen-bond donors (Lipinski definition) is 2. The average Bonchev–Trinajstić information content (AvgIpc) is 2.77. The Bertz CT molecular complexity index is 589. The molecule has 1 heterocycles. The van der Waals surface area contributed by atoms with Crippen LogP contribution >= 0.6 is 12.2 Å². The maximum atomic E-state index is 5.63. The summed E-state index contributed by atoms with van der Waals surface area (Å²) in [6, 6.07) is 11.8. The van der Waals surface area contributed by atoms with Gasteiger partial charge in [-0.05, 0) is 37.3 Å². The first-order valence-electron chi connectivity index (χ1n) is 5.40. The van der Waals surface area contributed by atoms with Crippen molar-refractivity contribution in [3.05, 3.63) is 47.7 Å². The van der Waals surface area contributed by atoms with E-state index in [4.69, 9.17) is 10.2 Å². The van der Waals surface area contributed by atoms with Gasteiger partial charge in [0.1, 0.15) is 11.5 Å². The molecule has 0 radical (unpaired) electrons. The number of aryl methyl sites for hydroxylation is 1. The summed E-state index contributed by atoms with van der Waals surface area (Å²) in [4.78, 5) is 0. The molecular formula is C13H13N3OS. The molecule has 0 saturated heterocycles. The summed E-state index contributed by atoms with van der Waals surface area (Å²) in [7, 11) is 0. The largest absolute Gasteiger partial charge is 0.455 e. The van der Waals surface area contributed by atoms with Crippen LogP contribution in [0.4, 0.5) is 0 Å². The lowest BCUT2D eigenvalue weighted by molar-refractivity contribution is 0.574. The zero-order chi connectivity index (χ0) is 13.0. The van der Waals surface area contributed by atoms with Crippen molar-refractivity contribution in [3.63, 3.8) is 0 Å². The Morgan fingerprint density at radius 1 is 1.39 bits per heavy atom. The van der Waals surface area contributed by atoms with Crippen molar-refractivity contribution >= 4 is 23.5 Å². The van der Waals surface area contributed by atoms with Crippen molar-refractivity contribution in [1.29, 1.82) is 0 Å². The van der Waals surface area contributed by atoms with Gasteiger partial charge in [-0.2, -0.15) is 5.10 Å². The molecule has 0 atom stereocenters. The van der Waals surface area contributed by atoms with E-state index < -0.39 is 0 Å². The molecule has 1 aromatic heterocycles. The van der Waals surface area contributed by atoms with Crippen molar-refractivity contribution in [2.75, 3.05) is 0 Å². The number of nitrogens with two attached hydrogens (primary N) is 1. The number of benzene rings is 1. The van der Waals surface area contributed by atoms with Gasteiger partial charge in [-0.15, -0.1) is 0 Å². The quantitative estimate of drug-likeness (QED) is 0.505. The van der Waals surface area contributed by atoms with E-state index in [2.05, 4.69) is 28.8 Å². The normalized spacial score (nSPS) is 10.7. The summed E-state index contributed by atoms with van der Waals surface area (Å²) < 4.78 is 5.63. The molecule has 0 aliphatic rings. The molecule has 0 spiro atoms. The Morgan fingerprint density at radius 3 is 2.94 bits per heavy atom. The molecule has 0 unspecified atom stereocenters. The molecule has 0 aliphatic carbocycles. The molecule has 92 valence electrons. The number of nitrogens with one attached hydrogen (secondary N) is 1. The third-order valence-corrected chi connectivity index (χ3v) is 2.39. The predicted molar refractivity (Wildman–Crippen MR) is 76.4 cm³/mol. The van der Waals surface area contributed by atoms with Crippen molar-refractivity contribution < 1.29 is 4.42 Å². The summed E-state index contributed by atoms with van der Waals surface area (Å²) >= 11 is 4.63. The van der Waals surface area contributed by atoms with Crippen LogP contribution in [0.2, 0.25) is 0 Å². The molecule has 3 N–H and O–H groups in total. The SMILES string of the molecule is Cc1cccc(-c2ccc(C=NNC(N)=S)o2)c1. The minimum absolute atomic E-state index is 0.122. The Kier molecular flexibility index (Phi) is 3.74. The zero-order valence-corrected chi connectivity index (χ0v) is 10.7. The topological polar surface area (TPSA) is 63.5 Å². The van der Waals surface area contributed by atoms with Gasteiger partial charge in [0.05, 0.1) is 6.21 Å². The molecule has 0 amide bonds. The van der Waals surface area contributed by atoms with Crippen LogP contribution in [0.3, 0.4) is 0 Å². The molecule has 2 aromatic rings. The smallest absolute Gasteiger partial charge is 0.184 e. The van der Waals surface area contributed by atoms with E-state index >= 15 is 0 Å². The van der Waals surface area contributed by atoms with E-state index in [1.54, 1.807) is 0 Å². The van der Waals surface area contributed by atoms with E-state index in [1.807, 2.05) is 37.3 Å². The number of furan rings is 1. The Morgan fingerprint density at radius 2 is 2.22 bits per heavy atom. The fourth-order valence-electron chi connectivity index (χ4n) is 1.54. The number of rotatable bonds is 3. The highest BCUT2D eigenvalue weighted by Crippen LogP contribution is 2.22. The second-order valence-electron chi connectivity index (χ2n) is 3.81. The van der Waals surface area contributed by atoms with Crippen LogP contribution in [0.1, 0.15) is 11.3 Å². The van der Waals surface area contributed by atoms with Gasteiger partial charge >= 0.3 is 0 Å². The molecule has 0 aliphatic heterocycles. The maximum Gasteiger partial charge on any atom is 0.184 e. The number of hydrazone groups is 1. The lowest BCUT2D eigenvalue weighted by Crippen LogP contribution is -2.23. The summed E-state index contributed by atoms with van der Waals surface area (Å²) in [6.45, 7) is 2.04. The molecular weight excluding hydrogens is 246 g/mol. The molecule has 0 saturated carbocycles. The number of thiocarbonyl (C=S) groups is 1. The van der Waals surface area contributed by atoms with Crippen molar-refractivity contribution in [3.8, 4) is 11.3 Å². The van der Waals surface area contributed by atoms with Crippen LogP contribution in [0.25, 0.3) is 11.3 Å². The fourth-order valence-corrected chi connectivity index (χ4v) is 1.59. The third kappa shape index (κ3) is 3.18. The molecule has 1 aromatic carbocycles. The first-order chi connectivity index (χ1) is 8.65. The minimum Gasteiger partial charge on any atom is -0.455 e. The van der Waals surface area contributed by atoms with E-state index in [-0.39, 0.29) is 5.11 Å². The van der Waals surface area contributed by atoms with E-state index in [1.165, 1.54) is 11.8 Å². The second-order valence-corrected chi connectivity index (χ2v) is 4.25. The lowest BCUT2D eigenvalue weighted by atomic mass is 10.1. The van der Waals surface area contributed by atoms with Crippen molar-refractivity contribution in [1.82, 2.24) is 5.43 Å². The average molecular weight is 259 g/mol. The fraction of sp³-hybridized carbons (Fsp3) is 0.0769. The van der Waals surface area contributed by atoms with Gasteiger partial charge in [-0.25, -0.2) is 0 Å². The molecule has 5 heteroatoms. The van der Waals surface area contributed by atoms with Gasteiger partial charge in [-0.3, -0.25) is 5.43 Å². The highest BCUT2D eigenvalue weighted by atomic mass is 32.1. The van der Waals surface area contributed by atoms with Crippen LogP contribution in [0.15, 0.2) is 45.9 Å². The second kappa shape index (κ2) is 5.46. The standard InChI is InChI=1S/C13H13N3OS/c1-9-3-2-4-10(7-9)12-6-5-11(17-12)8-15-16-13(14)18/h2-8H,1H3,(H3,14,16,18). The molecule has 4 nitrogen and oxygen atoms in total. The number of hydrogen-bond acceptors (Lipinski definition) is 3. The summed E-state index contributed by atoms with van der Waals surface area (Å²) in [5.74, 6) is 1.44. The third-order valence-electron chi connectivity index (χ3n) is 2.30. The molecule has 18 heavy (non-hydrogen) atoms. The van der Waals surface area contributed by atoms with Gasteiger partial charge < -0.3 is 10.2 Å². The van der Waals surface area contributed by atoms with Gasteiger partial charge in [-0.1, -0.05) is 23.8 Å². The van der Waals surface area contributed by atoms with Gasteiger partial charge in [0, 0.05) is 5.56 Å². The van der Waals surface area contributed by atoms with Crippen molar-refractivity contribution in [2.24, 2.45) is 10.8 Å². The summed E-state index contributed by atoms with van der Waals surface area (Å²) in [5, 5.41) is 3.95. The summed E-state index contributed by atoms with van der Waals surface area (Å²) in [6.07, 6.45) is 1.53. The van der Waals surface area contributed by atoms with Crippen LogP contribution in [-0.2, 0) is 0 Å². The van der Waals surface area contributed by atoms with Crippen LogP contribution in [-0.4, -0.2) is 11.3 Å². The first-order valence-corrected chi connectivity index (χ1v) is 5.81. The van der Waals surface area contributed by atoms with Crippen LogP contribution < -0.4 is 11.2 Å². The predicted octanol–water partition coefficient (Wildman–Crippen LogP) is 2.42. The lowest BCUT2D eigenvalue weighted by Gasteiger charge is -1.98. The van der Waals surface area contributed by atoms with Crippen LogP contribution in [0.5, 0.6) is 0 Å². The molecule has 0 fully saturated rings. The molecule has 0 bridgehead atoms. The highest BCUT2D eigenvalue weighted by molar-refractivity contribution is 7.80. The highest BCUT2D eigenvalue weighted by Gasteiger charge is 2.03. The number of nitrogens with zero attached hydrogens (tertiary/aromatic N) is 1. The van der Waals surface area contributed by atoms with E-state index in [0.717, 1.165) is 11.3 Å². The van der Waals surface area contributed by atoms with Gasteiger partial charge in [0.15, 0.2) is 5.11 Å². The van der Waals surface area contributed by atoms with E-state index in [0.29, 0.717) is 5.76 Å². The first kappa shape index (κ1) is 12.3. The minimum atomic E-state index is 0.122. The Labute approximate surface area is 110 Å². The Balaban J connectivity index is 2.15. The zero-order valence-electron chi connectivity index (χ0n) is 9.88.